The van der Waals surface area contributed by atoms with Crippen molar-refractivity contribution in [1.29, 1.82) is 0 Å². The van der Waals surface area contributed by atoms with Crippen LogP contribution in [0.3, 0.4) is 0 Å². The number of terminal acetylenes is 1. The molecule has 130 valence electrons. The van der Waals surface area contributed by atoms with E-state index in [9.17, 15) is 10.2 Å². The van der Waals surface area contributed by atoms with Crippen LogP contribution in [0.25, 0.3) is 0 Å². The minimum Gasteiger partial charge on any atom is -0.506 e. The zero-order chi connectivity index (χ0) is 18.7. The van der Waals surface area contributed by atoms with Gasteiger partial charge in [-0.1, -0.05) is 5.92 Å². The maximum absolute atomic E-state index is 9.47. The lowest BCUT2D eigenvalue weighted by Crippen LogP contribution is -1.93. The number of benzene rings is 3. The predicted molar refractivity (Wildman–Crippen MR) is 99.6 cm³/mol. The minimum absolute atomic E-state index is 0.0152. The summed E-state index contributed by atoms with van der Waals surface area (Å²) < 4.78 is 11.4. The van der Waals surface area contributed by atoms with Gasteiger partial charge in [-0.25, -0.2) is 0 Å². The smallest absolute Gasteiger partial charge is 0.143 e. The van der Waals surface area contributed by atoms with Gasteiger partial charge in [-0.15, -0.1) is 6.42 Å². The Morgan fingerprint density at radius 1 is 0.731 bits per heavy atom. The lowest BCUT2D eigenvalue weighted by molar-refractivity contribution is 0.459. The molecule has 3 aromatic rings. The summed E-state index contributed by atoms with van der Waals surface area (Å²) in [4.78, 5) is 0. The molecule has 6 N–H and O–H groups in total. The van der Waals surface area contributed by atoms with Gasteiger partial charge in [-0.2, -0.15) is 0 Å². The van der Waals surface area contributed by atoms with Gasteiger partial charge in [0.2, 0.25) is 0 Å². The number of nitrogen functional groups attached to an aromatic ring is 2. The monoisotopic (exact) mass is 348 g/mol. The summed E-state index contributed by atoms with van der Waals surface area (Å²) in [5.41, 5.74) is 12.2. The molecule has 0 saturated heterocycles. The number of nitrogens with two attached hydrogens (primary N) is 2. The van der Waals surface area contributed by atoms with Crippen LogP contribution in [0, 0.1) is 12.3 Å². The van der Waals surface area contributed by atoms with Crippen molar-refractivity contribution in [3.05, 3.63) is 60.2 Å². The van der Waals surface area contributed by atoms with Crippen LogP contribution in [-0.4, -0.2) is 10.2 Å². The Hall–Kier alpha value is -3.98. The van der Waals surface area contributed by atoms with Crippen LogP contribution in [-0.2, 0) is 0 Å². The number of phenolic OH excluding ortho intramolecular Hbond substituents is 2. The first kappa shape index (κ1) is 16.9. The third kappa shape index (κ3) is 3.57. The third-order valence-corrected chi connectivity index (χ3v) is 3.57. The van der Waals surface area contributed by atoms with Crippen molar-refractivity contribution >= 4 is 11.4 Å². The number of phenols is 2. The van der Waals surface area contributed by atoms with E-state index in [1.807, 2.05) is 0 Å². The Kier molecular flexibility index (Phi) is 4.46. The normalized spacial score (nSPS) is 10.1. The van der Waals surface area contributed by atoms with Crippen molar-refractivity contribution in [3.8, 4) is 46.8 Å². The second-order valence-electron chi connectivity index (χ2n) is 5.45. The van der Waals surface area contributed by atoms with E-state index in [0.29, 0.717) is 28.6 Å². The summed E-state index contributed by atoms with van der Waals surface area (Å²) in [5, 5.41) is 18.9. The van der Waals surface area contributed by atoms with Gasteiger partial charge in [0.1, 0.15) is 34.5 Å². The zero-order valence-electron chi connectivity index (χ0n) is 13.6. The molecule has 0 heterocycles. The van der Waals surface area contributed by atoms with Gasteiger partial charge in [-0.3, -0.25) is 0 Å². The van der Waals surface area contributed by atoms with Crippen LogP contribution in [0.5, 0.6) is 34.5 Å². The Bertz CT molecular complexity index is 1010. The lowest BCUT2D eigenvalue weighted by Gasteiger charge is -2.12. The average Bonchev–Trinajstić information content (AvgIpc) is 2.62. The van der Waals surface area contributed by atoms with E-state index < -0.39 is 0 Å². The largest absolute Gasteiger partial charge is 0.506 e. The lowest BCUT2D eigenvalue weighted by atomic mass is 10.2. The van der Waals surface area contributed by atoms with Crippen LogP contribution >= 0.6 is 0 Å². The van der Waals surface area contributed by atoms with E-state index in [4.69, 9.17) is 27.4 Å². The summed E-state index contributed by atoms with van der Waals surface area (Å²) in [6.45, 7) is 0. The van der Waals surface area contributed by atoms with Crippen molar-refractivity contribution in [2.75, 3.05) is 11.5 Å². The van der Waals surface area contributed by atoms with Crippen LogP contribution in [0.15, 0.2) is 54.6 Å². The van der Waals surface area contributed by atoms with Crippen LogP contribution in [0.4, 0.5) is 11.4 Å². The average molecular weight is 348 g/mol. The van der Waals surface area contributed by atoms with Crippen LogP contribution < -0.4 is 20.9 Å². The topological polar surface area (TPSA) is 111 Å². The number of rotatable bonds is 4. The van der Waals surface area contributed by atoms with Gasteiger partial charge in [0.05, 0.1) is 16.9 Å². The number of aromatic hydroxyl groups is 2. The Morgan fingerprint density at radius 2 is 1.23 bits per heavy atom. The summed E-state index contributed by atoms with van der Waals surface area (Å²) in [6, 6.07) is 14.0. The first-order valence-electron chi connectivity index (χ1n) is 7.59. The zero-order valence-corrected chi connectivity index (χ0v) is 13.6. The van der Waals surface area contributed by atoms with Crippen LogP contribution in [0.1, 0.15) is 5.56 Å². The highest BCUT2D eigenvalue weighted by molar-refractivity contribution is 5.58. The molecule has 0 amide bonds. The van der Waals surface area contributed by atoms with E-state index >= 15 is 0 Å². The van der Waals surface area contributed by atoms with Gasteiger partial charge in [0.25, 0.3) is 0 Å². The standard InChI is InChI=1S/C20H16N2O4/c1-2-12-9-13(25-14-3-6-18(23)16(21)10-14)5-8-20(12)26-15-4-7-19(24)17(22)11-15/h1,3-11,23-24H,21-22H2. The Balaban J connectivity index is 1.84. The van der Waals surface area contributed by atoms with E-state index in [0.717, 1.165) is 0 Å². The second-order valence-corrected chi connectivity index (χ2v) is 5.45. The van der Waals surface area contributed by atoms with Gasteiger partial charge < -0.3 is 31.2 Å². The van der Waals surface area contributed by atoms with E-state index in [1.54, 1.807) is 30.3 Å². The summed E-state index contributed by atoms with van der Waals surface area (Å²) in [7, 11) is 0. The SMILES string of the molecule is C#Cc1cc(Oc2ccc(O)c(N)c2)ccc1Oc1ccc(O)c(N)c1. The first-order valence-corrected chi connectivity index (χ1v) is 7.59. The number of hydrogen-bond donors (Lipinski definition) is 4. The highest BCUT2D eigenvalue weighted by Gasteiger charge is 2.08. The molecule has 3 rings (SSSR count). The molecule has 0 radical (unpaired) electrons. The van der Waals surface area contributed by atoms with E-state index in [2.05, 4.69) is 5.92 Å². The highest BCUT2D eigenvalue weighted by atomic mass is 16.5. The van der Waals surface area contributed by atoms with Crippen molar-refractivity contribution in [2.24, 2.45) is 0 Å². The molecule has 6 nitrogen and oxygen atoms in total. The van der Waals surface area contributed by atoms with Crippen molar-refractivity contribution in [2.45, 2.75) is 0 Å². The Morgan fingerprint density at radius 3 is 1.77 bits per heavy atom. The number of anilines is 2. The molecule has 26 heavy (non-hydrogen) atoms. The van der Waals surface area contributed by atoms with Gasteiger partial charge in [0, 0.05) is 18.2 Å². The molecule has 0 aromatic heterocycles. The molecule has 0 saturated carbocycles. The molecule has 6 heteroatoms. The first-order chi connectivity index (χ1) is 12.5. The highest BCUT2D eigenvalue weighted by Crippen LogP contribution is 2.34. The molecule has 0 fully saturated rings. The molecule has 0 atom stereocenters. The van der Waals surface area contributed by atoms with Gasteiger partial charge >= 0.3 is 0 Å². The van der Waals surface area contributed by atoms with Crippen LogP contribution in [0.2, 0.25) is 0 Å². The summed E-state index contributed by atoms with van der Waals surface area (Å²) in [5.74, 6) is 4.33. The van der Waals surface area contributed by atoms with Gasteiger partial charge in [0.15, 0.2) is 0 Å². The maximum Gasteiger partial charge on any atom is 0.143 e. The fourth-order valence-electron chi connectivity index (χ4n) is 2.23. The minimum atomic E-state index is -0.0218. The molecule has 0 aliphatic carbocycles. The van der Waals surface area contributed by atoms with E-state index in [-0.39, 0.29) is 22.9 Å². The van der Waals surface area contributed by atoms with Crippen molar-refractivity contribution in [1.82, 2.24) is 0 Å². The number of hydrogen-bond acceptors (Lipinski definition) is 6. The molecular weight excluding hydrogens is 332 g/mol. The second kappa shape index (κ2) is 6.87. The molecule has 3 aromatic carbocycles. The molecule has 0 aliphatic rings. The number of ether oxygens (including phenoxy) is 2. The molecule has 0 aliphatic heterocycles. The van der Waals surface area contributed by atoms with E-state index in [1.165, 1.54) is 24.3 Å². The predicted octanol–water partition coefficient (Wildman–Crippen LogP) is 3.83. The van der Waals surface area contributed by atoms with Crippen molar-refractivity contribution in [3.63, 3.8) is 0 Å². The Labute approximate surface area is 150 Å². The summed E-state index contributed by atoms with van der Waals surface area (Å²) >= 11 is 0. The molecular formula is C20H16N2O4. The fourth-order valence-corrected chi connectivity index (χ4v) is 2.23. The summed E-state index contributed by atoms with van der Waals surface area (Å²) in [6.07, 6.45) is 5.56. The van der Waals surface area contributed by atoms with Crippen molar-refractivity contribution < 1.29 is 19.7 Å². The molecule has 0 bridgehead atoms. The van der Waals surface area contributed by atoms with Gasteiger partial charge in [-0.05, 0) is 36.4 Å². The maximum atomic E-state index is 9.47. The quantitative estimate of drug-likeness (QED) is 0.324. The molecule has 0 spiro atoms. The molecule has 0 unspecified atom stereocenters. The third-order valence-electron chi connectivity index (χ3n) is 3.57. The fraction of sp³-hybridized carbons (Fsp3) is 0.